The van der Waals surface area contributed by atoms with E-state index in [0.29, 0.717) is 15.6 Å². The van der Waals surface area contributed by atoms with Crippen molar-refractivity contribution in [2.75, 3.05) is 0 Å². The Bertz CT molecular complexity index is 299. The molecule has 0 aliphatic heterocycles. The van der Waals surface area contributed by atoms with E-state index in [9.17, 15) is 4.79 Å². The van der Waals surface area contributed by atoms with E-state index >= 15 is 0 Å². The zero-order valence-electron chi connectivity index (χ0n) is 5.27. The van der Waals surface area contributed by atoms with Gasteiger partial charge in [0, 0.05) is 14.2 Å². The van der Waals surface area contributed by atoms with Crippen molar-refractivity contribution < 1.29 is 4.79 Å². The van der Waals surface area contributed by atoms with Crippen molar-refractivity contribution in [1.29, 1.82) is 0 Å². The molecule has 0 heterocycles. The minimum atomic E-state index is 0.484. The van der Waals surface area contributed by atoms with Gasteiger partial charge in [-0.25, -0.2) is 0 Å². The lowest BCUT2D eigenvalue weighted by atomic mass is 10.2. The van der Waals surface area contributed by atoms with Crippen molar-refractivity contribution in [2.24, 2.45) is 0 Å². The summed E-state index contributed by atoms with van der Waals surface area (Å²) >= 11 is 13.4. The Labute approximate surface area is 87.8 Å². The van der Waals surface area contributed by atoms with E-state index in [2.05, 4.69) is 0 Å². The smallest absolute Gasteiger partial charge is 0.151 e. The minimum Gasteiger partial charge on any atom is -0.298 e. The number of rotatable bonds is 1. The van der Waals surface area contributed by atoms with E-state index in [1.54, 1.807) is 12.1 Å². The van der Waals surface area contributed by atoms with E-state index in [-0.39, 0.29) is 0 Å². The fraction of sp³-hybridized carbons (Fsp3) is 0. The molecule has 11 heavy (non-hydrogen) atoms. The Balaban J connectivity index is 3.35. The molecule has 0 aliphatic carbocycles. The van der Waals surface area contributed by atoms with Crippen molar-refractivity contribution in [2.45, 2.75) is 0 Å². The third-order valence-electron chi connectivity index (χ3n) is 1.15. The maximum absolute atomic E-state index is 10.4. The molecule has 0 fully saturated rings. The van der Waals surface area contributed by atoms with Gasteiger partial charge in [0.1, 0.15) is 0 Å². The van der Waals surface area contributed by atoms with Gasteiger partial charge in [-0.05, 0) is 34.7 Å². The molecule has 1 aromatic carbocycles. The second-order valence-corrected chi connectivity index (χ2v) is 3.83. The van der Waals surface area contributed by atoms with E-state index in [1.165, 1.54) is 0 Å². The van der Waals surface area contributed by atoms with Gasteiger partial charge in [0.05, 0.1) is 5.02 Å². The van der Waals surface area contributed by atoms with Crippen LogP contribution in [0, 0.1) is 3.57 Å². The van der Waals surface area contributed by atoms with Crippen LogP contribution in [0.2, 0.25) is 10.0 Å². The molecular formula is C7H3Cl2IO. The highest BCUT2D eigenvalue weighted by atomic mass is 127. The lowest BCUT2D eigenvalue weighted by molar-refractivity contribution is 0.112. The largest absolute Gasteiger partial charge is 0.298 e. The van der Waals surface area contributed by atoms with Crippen molar-refractivity contribution >= 4 is 52.1 Å². The number of hydrogen-bond donors (Lipinski definition) is 0. The molecule has 0 saturated heterocycles. The molecule has 0 aliphatic rings. The van der Waals surface area contributed by atoms with Gasteiger partial charge in [-0.1, -0.05) is 23.2 Å². The second-order valence-electron chi connectivity index (χ2n) is 1.91. The number of aldehydes is 1. The van der Waals surface area contributed by atoms with Crippen LogP contribution in [0.3, 0.4) is 0 Å². The molecule has 1 aromatic rings. The van der Waals surface area contributed by atoms with Gasteiger partial charge in [0.15, 0.2) is 6.29 Å². The first kappa shape index (κ1) is 9.29. The molecular weight excluding hydrogens is 298 g/mol. The van der Waals surface area contributed by atoms with Gasteiger partial charge in [0.25, 0.3) is 0 Å². The molecule has 0 N–H and O–H groups in total. The van der Waals surface area contributed by atoms with Gasteiger partial charge in [0.2, 0.25) is 0 Å². The monoisotopic (exact) mass is 300 g/mol. The standard InChI is InChI=1S/C7H3Cl2IO/c8-5-1-4(3-11)7(10)6(9)2-5/h1-3H. The predicted octanol–water partition coefficient (Wildman–Crippen LogP) is 3.41. The fourth-order valence-electron chi connectivity index (χ4n) is 0.662. The molecule has 0 atom stereocenters. The molecule has 0 radical (unpaired) electrons. The van der Waals surface area contributed by atoms with Crippen LogP contribution >= 0.6 is 45.8 Å². The van der Waals surface area contributed by atoms with Crippen LogP contribution in [0.4, 0.5) is 0 Å². The highest BCUT2D eigenvalue weighted by Crippen LogP contribution is 2.25. The molecule has 58 valence electrons. The summed E-state index contributed by atoms with van der Waals surface area (Å²) in [5.74, 6) is 0. The van der Waals surface area contributed by atoms with E-state index < -0.39 is 0 Å². The summed E-state index contributed by atoms with van der Waals surface area (Å²) in [6.45, 7) is 0. The van der Waals surface area contributed by atoms with Crippen LogP contribution in [0.1, 0.15) is 10.4 Å². The topological polar surface area (TPSA) is 17.1 Å². The highest BCUT2D eigenvalue weighted by molar-refractivity contribution is 14.1. The van der Waals surface area contributed by atoms with E-state index in [4.69, 9.17) is 23.2 Å². The van der Waals surface area contributed by atoms with Gasteiger partial charge >= 0.3 is 0 Å². The number of halogens is 3. The summed E-state index contributed by atoms with van der Waals surface area (Å²) in [5.41, 5.74) is 0.531. The molecule has 0 saturated carbocycles. The Hall–Kier alpha value is 0.200. The summed E-state index contributed by atoms with van der Waals surface area (Å²) in [4.78, 5) is 10.4. The van der Waals surface area contributed by atoms with Crippen molar-refractivity contribution in [3.05, 3.63) is 31.3 Å². The van der Waals surface area contributed by atoms with Gasteiger partial charge in [-0.15, -0.1) is 0 Å². The van der Waals surface area contributed by atoms with Crippen molar-refractivity contribution in [3.63, 3.8) is 0 Å². The van der Waals surface area contributed by atoms with Gasteiger partial charge in [-0.3, -0.25) is 4.79 Å². The van der Waals surface area contributed by atoms with Gasteiger partial charge in [-0.2, -0.15) is 0 Å². The van der Waals surface area contributed by atoms with Crippen LogP contribution < -0.4 is 0 Å². The maximum Gasteiger partial charge on any atom is 0.151 e. The van der Waals surface area contributed by atoms with E-state index in [0.717, 1.165) is 9.86 Å². The molecule has 4 heteroatoms. The molecule has 0 unspecified atom stereocenters. The number of benzene rings is 1. The summed E-state index contributed by atoms with van der Waals surface area (Å²) in [5, 5.41) is 0.998. The number of hydrogen-bond acceptors (Lipinski definition) is 1. The van der Waals surface area contributed by atoms with Crippen molar-refractivity contribution in [3.8, 4) is 0 Å². The third-order valence-corrected chi connectivity index (χ3v) is 3.19. The van der Waals surface area contributed by atoms with Crippen LogP contribution in [-0.2, 0) is 0 Å². The number of carbonyl (C=O) groups is 1. The Morgan fingerprint density at radius 3 is 2.55 bits per heavy atom. The maximum atomic E-state index is 10.4. The highest BCUT2D eigenvalue weighted by Gasteiger charge is 2.04. The zero-order valence-corrected chi connectivity index (χ0v) is 8.94. The number of carbonyl (C=O) groups excluding carboxylic acids is 1. The second kappa shape index (κ2) is 3.74. The molecule has 1 rings (SSSR count). The lowest BCUT2D eigenvalue weighted by Gasteiger charge is -1.99. The molecule has 0 bridgehead atoms. The SMILES string of the molecule is O=Cc1cc(Cl)cc(Cl)c1I. The normalized spacial score (nSPS) is 9.73. The quantitative estimate of drug-likeness (QED) is 0.441. The average Bonchev–Trinajstić information content (AvgIpc) is 1.96. The zero-order chi connectivity index (χ0) is 8.43. The Kier molecular flexibility index (Phi) is 3.16. The third kappa shape index (κ3) is 2.07. The molecule has 0 amide bonds. The lowest BCUT2D eigenvalue weighted by Crippen LogP contribution is -1.86. The van der Waals surface area contributed by atoms with Crippen LogP contribution in [-0.4, -0.2) is 6.29 Å². The van der Waals surface area contributed by atoms with Gasteiger partial charge < -0.3 is 0 Å². The Morgan fingerprint density at radius 1 is 1.36 bits per heavy atom. The summed E-state index contributed by atoms with van der Waals surface area (Å²) in [7, 11) is 0. The summed E-state index contributed by atoms with van der Waals surface area (Å²) < 4.78 is 0.740. The summed E-state index contributed by atoms with van der Waals surface area (Å²) in [6.07, 6.45) is 0.736. The van der Waals surface area contributed by atoms with E-state index in [1.807, 2.05) is 22.6 Å². The van der Waals surface area contributed by atoms with Crippen LogP contribution in [0.25, 0.3) is 0 Å². The average molecular weight is 301 g/mol. The Morgan fingerprint density at radius 2 is 2.00 bits per heavy atom. The summed E-state index contributed by atoms with van der Waals surface area (Å²) in [6, 6.07) is 3.19. The first-order chi connectivity index (χ1) is 5.15. The molecule has 1 nitrogen and oxygen atoms in total. The molecule has 0 aromatic heterocycles. The first-order valence-electron chi connectivity index (χ1n) is 2.75. The van der Waals surface area contributed by atoms with Crippen LogP contribution in [0.15, 0.2) is 12.1 Å². The fourth-order valence-corrected chi connectivity index (χ4v) is 1.61. The van der Waals surface area contributed by atoms with Crippen molar-refractivity contribution in [1.82, 2.24) is 0 Å². The first-order valence-corrected chi connectivity index (χ1v) is 4.58. The molecule has 0 spiro atoms. The predicted molar refractivity (Wildman–Crippen MR) is 54.6 cm³/mol. The van der Waals surface area contributed by atoms with Crippen LogP contribution in [0.5, 0.6) is 0 Å². The minimum absolute atomic E-state index is 0.484.